The van der Waals surface area contributed by atoms with Gasteiger partial charge in [-0.3, -0.25) is 9.48 Å². The maximum Gasteiger partial charge on any atom is 0.255 e. The molecule has 0 bridgehead atoms. The summed E-state index contributed by atoms with van der Waals surface area (Å²) in [7, 11) is 1.81. The SMILES string of the molecule is CC(CCO)CNC(=O)c1cn(C)nc1-c1cccs1. The lowest BCUT2D eigenvalue weighted by molar-refractivity contribution is 0.0946. The second-order valence-corrected chi connectivity index (χ2v) is 5.82. The van der Waals surface area contributed by atoms with E-state index in [0.717, 1.165) is 10.6 Å². The van der Waals surface area contributed by atoms with Crippen LogP contribution >= 0.6 is 11.3 Å². The molecule has 0 saturated carbocycles. The highest BCUT2D eigenvalue weighted by molar-refractivity contribution is 7.13. The van der Waals surface area contributed by atoms with Crippen LogP contribution in [0, 0.1) is 5.92 Å². The van der Waals surface area contributed by atoms with Crippen molar-refractivity contribution in [2.75, 3.05) is 13.2 Å². The van der Waals surface area contributed by atoms with Crippen LogP contribution < -0.4 is 5.32 Å². The molecule has 0 aliphatic rings. The maximum absolute atomic E-state index is 12.3. The van der Waals surface area contributed by atoms with E-state index in [1.54, 1.807) is 22.2 Å². The van der Waals surface area contributed by atoms with E-state index in [9.17, 15) is 4.79 Å². The van der Waals surface area contributed by atoms with Crippen molar-refractivity contribution in [3.8, 4) is 10.6 Å². The van der Waals surface area contributed by atoms with Gasteiger partial charge in [-0.1, -0.05) is 13.0 Å². The van der Waals surface area contributed by atoms with Crippen molar-refractivity contribution in [1.82, 2.24) is 15.1 Å². The minimum atomic E-state index is -0.119. The summed E-state index contributed by atoms with van der Waals surface area (Å²) in [5.41, 5.74) is 1.31. The molecule has 1 unspecified atom stereocenters. The Labute approximate surface area is 122 Å². The van der Waals surface area contributed by atoms with Gasteiger partial charge in [0.25, 0.3) is 5.91 Å². The zero-order chi connectivity index (χ0) is 14.5. The number of amides is 1. The van der Waals surface area contributed by atoms with Gasteiger partial charge < -0.3 is 10.4 Å². The highest BCUT2D eigenvalue weighted by Gasteiger charge is 2.18. The molecule has 0 spiro atoms. The van der Waals surface area contributed by atoms with Crippen LogP contribution in [0.1, 0.15) is 23.7 Å². The number of carbonyl (C=O) groups excluding carboxylic acids is 1. The Morgan fingerprint density at radius 3 is 3.05 bits per heavy atom. The summed E-state index contributed by atoms with van der Waals surface area (Å²) in [6, 6.07) is 3.90. The van der Waals surface area contributed by atoms with E-state index >= 15 is 0 Å². The van der Waals surface area contributed by atoms with Gasteiger partial charge in [-0.25, -0.2) is 0 Å². The molecule has 0 radical (unpaired) electrons. The Morgan fingerprint density at radius 2 is 2.40 bits per heavy atom. The van der Waals surface area contributed by atoms with Gasteiger partial charge in [0.05, 0.1) is 10.4 Å². The Morgan fingerprint density at radius 1 is 1.60 bits per heavy atom. The van der Waals surface area contributed by atoms with Crippen molar-refractivity contribution < 1.29 is 9.90 Å². The van der Waals surface area contributed by atoms with Crippen molar-refractivity contribution in [3.63, 3.8) is 0 Å². The third kappa shape index (κ3) is 3.46. The van der Waals surface area contributed by atoms with Crippen LogP contribution in [0.3, 0.4) is 0 Å². The quantitative estimate of drug-likeness (QED) is 0.855. The number of nitrogens with zero attached hydrogens (tertiary/aromatic N) is 2. The van der Waals surface area contributed by atoms with Crippen LogP contribution in [0.25, 0.3) is 10.6 Å². The topological polar surface area (TPSA) is 67.2 Å². The number of hydrogen-bond donors (Lipinski definition) is 2. The van der Waals surface area contributed by atoms with Crippen LogP contribution in [-0.2, 0) is 7.05 Å². The summed E-state index contributed by atoms with van der Waals surface area (Å²) in [6.45, 7) is 2.70. The molecular weight excluding hydrogens is 274 g/mol. The fraction of sp³-hybridized carbons (Fsp3) is 0.429. The summed E-state index contributed by atoms with van der Waals surface area (Å²) < 4.78 is 1.65. The molecule has 0 fully saturated rings. The Bertz CT molecular complexity index is 563. The van der Waals surface area contributed by atoms with Crippen LogP contribution in [0.4, 0.5) is 0 Å². The van der Waals surface area contributed by atoms with Crippen molar-refractivity contribution >= 4 is 17.2 Å². The van der Waals surface area contributed by atoms with Crippen LogP contribution in [0.5, 0.6) is 0 Å². The van der Waals surface area contributed by atoms with Crippen molar-refractivity contribution in [2.24, 2.45) is 13.0 Å². The monoisotopic (exact) mass is 293 g/mol. The van der Waals surface area contributed by atoms with Gasteiger partial charge in [-0.2, -0.15) is 5.10 Å². The average Bonchev–Trinajstić information content (AvgIpc) is 3.04. The van der Waals surface area contributed by atoms with E-state index in [1.807, 2.05) is 31.5 Å². The number of aliphatic hydroxyl groups excluding tert-OH is 1. The molecule has 20 heavy (non-hydrogen) atoms. The third-order valence-corrected chi connectivity index (χ3v) is 3.94. The van der Waals surface area contributed by atoms with Gasteiger partial charge in [0, 0.05) is 26.4 Å². The Hall–Kier alpha value is -1.66. The first-order valence-corrected chi connectivity index (χ1v) is 7.46. The van der Waals surface area contributed by atoms with Gasteiger partial charge in [-0.15, -0.1) is 11.3 Å². The highest BCUT2D eigenvalue weighted by Crippen LogP contribution is 2.26. The zero-order valence-electron chi connectivity index (χ0n) is 11.7. The number of aliphatic hydroxyl groups is 1. The normalized spacial score (nSPS) is 12.3. The van der Waals surface area contributed by atoms with E-state index in [1.165, 1.54) is 0 Å². The molecule has 1 atom stereocenters. The molecule has 2 aromatic rings. The fourth-order valence-electron chi connectivity index (χ4n) is 1.93. The number of aryl methyl sites for hydroxylation is 1. The second-order valence-electron chi connectivity index (χ2n) is 4.87. The first kappa shape index (κ1) is 14.7. The highest BCUT2D eigenvalue weighted by atomic mass is 32.1. The molecule has 0 aliphatic carbocycles. The van der Waals surface area contributed by atoms with Gasteiger partial charge in [0.2, 0.25) is 0 Å². The summed E-state index contributed by atoms with van der Waals surface area (Å²) in [5, 5.41) is 18.1. The number of hydrogen-bond acceptors (Lipinski definition) is 4. The molecule has 2 N–H and O–H groups in total. The first-order chi connectivity index (χ1) is 9.61. The Balaban J connectivity index is 2.10. The summed E-state index contributed by atoms with van der Waals surface area (Å²) >= 11 is 1.56. The summed E-state index contributed by atoms with van der Waals surface area (Å²) in [4.78, 5) is 13.2. The van der Waals surface area contributed by atoms with E-state index in [4.69, 9.17) is 5.11 Å². The minimum Gasteiger partial charge on any atom is -0.396 e. The molecule has 0 aromatic carbocycles. The number of aromatic nitrogens is 2. The lowest BCUT2D eigenvalue weighted by atomic mass is 10.1. The molecule has 2 rings (SSSR count). The number of thiophene rings is 1. The van der Waals surface area contributed by atoms with Gasteiger partial charge >= 0.3 is 0 Å². The molecule has 108 valence electrons. The van der Waals surface area contributed by atoms with Crippen LogP contribution in [0.15, 0.2) is 23.7 Å². The van der Waals surface area contributed by atoms with Crippen LogP contribution in [0.2, 0.25) is 0 Å². The van der Waals surface area contributed by atoms with E-state index in [-0.39, 0.29) is 18.4 Å². The largest absolute Gasteiger partial charge is 0.396 e. The van der Waals surface area contributed by atoms with E-state index in [0.29, 0.717) is 18.5 Å². The van der Waals surface area contributed by atoms with E-state index < -0.39 is 0 Å². The summed E-state index contributed by atoms with van der Waals surface area (Å²) in [6.07, 6.45) is 2.42. The maximum atomic E-state index is 12.3. The third-order valence-electron chi connectivity index (χ3n) is 3.06. The number of rotatable bonds is 6. The standard InChI is InChI=1S/C14H19N3O2S/c1-10(5-6-18)8-15-14(19)11-9-17(2)16-13(11)12-4-3-7-20-12/h3-4,7,9-10,18H,5-6,8H2,1-2H3,(H,15,19). The molecule has 2 aromatic heterocycles. The molecule has 6 heteroatoms. The molecule has 0 saturated heterocycles. The van der Waals surface area contributed by atoms with Gasteiger partial charge in [0.15, 0.2) is 0 Å². The fourth-order valence-corrected chi connectivity index (χ4v) is 2.66. The lowest BCUT2D eigenvalue weighted by Gasteiger charge is -2.10. The van der Waals surface area contributed by atoms with Gasteiger partial charge in [-0.05, 0) is 23.8 Å². The van der Waals surface area contributed by atoms with Crippen molar-refractivity contribution in [3.05, 3.63) is 29.3 Å². The number of carbonyl (C=O) groups is 1. The summed E-state index contributed by atoms with van der Waals surface area (Å²) in [5.74, 6) is 0.136. The van der Waals surface area contributed by atoms with Crippen molar-refractivity contribution in [1.29, 1.82) is 0 Å². The van der Waals surface area contributed by atoms with Crippen molar-refractivity contribution in [2.45, 2.75) is 13.3 Å². The van der Waals surface area contributed by atoms with Gasteiger partial charge in [0.1, 0.15) is 5.69 Å². The molecule has 0 aliphatic heterocycles. The first-order valence-electron chi connectivity index (χ1n) is 6.58. The van der Waals surface area contributed by atoms with E-state index in [2.05, 4.69) is 10.4 Å². The molecule has 2 heterocycles. The van der Waals surface area contributed by atoms with Crippen LogP contribution in [-0.4, -0.2) is 33.9 Å². The Kier molecular flexibility index (Phi) is 4.92. The predicted octanol–water partition coefficient (Wildman–Crippen LogP) is 1.90. The average molecular weight is 293 g/mol. The molecular formula is C14H19N3O2S. The number of nitrogens with one attached hydrogen (secondary N) is 1. The second kappa shape index (κ2) is 6.67. The zero-order valence-corrected chi connectivity index (χ0v) is 12.5. The minimum absolute atomic E-state index is 0.119. The smallest absolute Gasteiger partial charge is 0.255 e. The molecule has 1 amide bonds. The molecule has 5 nitrogen and oxygen atoms in total. The lowest BCUT2D eigenvalue weighted by Crippen LogP contribution is -2.28. The predicted molar refractivity (Wildman–Crippen MR) is 79.7 cm³/mol.